The number of carbonyl (C=O) groups excluding carboxylic acids is 1. The number of rotatable bonds is 5. The fraction of sp³-hybridized carbons (Fsp3) is 0.278. The van der Waals surface area contributed by atoms with Crippen LogP contribution in [0.15, 0.2) is 46.5 Å². The van der Waals surface area contributed by atoms with Gasteiger partial charge in [-0.05, 0) is 51.1 Å². The topological polar surface area (TPSA) is 108 Å². The van der Waals surface area contributed by atoms with Crippen LogP contribution in [0.5, 0.6) is 0 Å². The minimum absolute atomic E-state index is 0.0990. The smallest absolute Gasteiger partial charge is 0.251 e. The van der Waals surface area contributed by atoms with Gasteiger partial charge in [0.1, 0.15) is 11.7 Å². The number of amides is 1. The molecule has 7 nitrogen and oxygen atoms in total. The Balaban J connectivity index is 2.00. The summed E-state index contributed by atoms with van der Waals surface area (Å²) in [4.78, 5) is 23.3. The van der Waals surface area contributed by atoms with Gasteiger partial charge in [0.25, 0.3) is 5.91 Å². The fourth-order valence-electron chi connectivity index (χ4n) is 2.10. The molecule has 0 saturated heterocycles. The number of benzene rings is 1. The molecule has 0 bridgehead atoms. The Morgan fingerprint density at radius 1 is 1.20 bits per heavy atom. The van der Waals surface area contributed by atoms with Crippen LogP contribution in [0.1, 0.15) is 36.7 Å². The van der Waals surface area contributed by atoms with E-state index >= 15 is 0 Å². The minimum atomic E-state index is -0.266. The van der Waals surface area contributed by atoms with Gasteiger partial charge in [0.05, 0.1) is 11.9 Å². The molecule has 132 valence electrons. The number of nitrogens with two attached hydrogens (primary N) is 1. The Kier molecular flexibility index (Phi) is 5.59. The van der Waals surface area contributed by atoms with Crippen LogP contribution < -0.4 is 16.4 Å². The van der Waals surface area contributed by atoms with E-state index in [0.717, 1.165) is 11.3 Å². The third-order valence-corrected chi connectivity index (χ3v) is 3.30. The van der Waals surface area contributed by atoms with Crippen molar-refractivity contribution in [1.29, 1.82) is 0 Å². The molecule has 1 aromatic carbocycles. The molecule has 1 amide bonds. The molecule has 1 heterocycles. The number of nitrogens with one attached hydrogen (secondary N) is 3. The minimum Gasteiger partial charge on any atom is -0.383 e. The summed E-state index contributed by atoms with van der Waals surface area (Å²) >= 11 is 0. The van der Waals surface area contributed by atoms with E-state index in [1.165, 1.54) is 0 Å². The quantitative estimate of drug-likeness (QED) is 0.496. The van der Waals surface area contributed by atoms with Gasteiger partial charge in [0.15, 0.2) is 0 Å². The highest BCUT2D eigenvalue weighted by Crippen LogP contribution is 2.16. The van der Waals surface area contributed by atoms with Crippen molar-refractivity contribution >= 4 is 29.6 Å². The van der Waals surface area contributed by atoms with Gasteiger partial charge in [-0.25, -0.2) is 4.99 Å². The highest BCUT2D eigenvalue weighted by molar-refractivity contribution is 6.01. The van der Waals surface area contributed by atoms with Crippen LogP contribution in [0.3, 0.4) is 0 Å². The summed E-state index contributed by atoms with van der Waals surface area (Å²) < 4.78 is 0. The normalized spacial score (nSPS) is 12.4. The average molecular weight is 340 g/mol. The van der Waals surface area contributed by atoms with E-state index in [9.17, 15) is 4.79 Å². The predicted octanol–water partition coefficient (Wildman–Crippen LogP) is 2.65. The molecule has 0 radical (unpaired) electrons. The van der Waals surface area contributed by atoms with Crippen molar-refractivity contribution < 1.29 is 4.79 Å². The summed E-state index contributed by atoms with van der Waals surface area (Å²) in [7, 11) is 1.63. The van der Waals surface area contributed by atoms with E-state index in [4.69, 9.17) is 5.73 Å². The lowest BCUT2D eigenvalue weighted by atomic mass is 10.1. The van der Waals surface area contributed by atoms with E-state index in [1.54, 1.807) is 31.7 Å². The lowest BCUT2D eigenvalue weighted by Crippen LogP contribution is -2.40. The Morgan fingerprint density at radius 2 is 1.88 bits per heavy atom. The van der Waals surface area contributed by atoms with Crippen molar-refractivity contribution in [3.8, 4) is 0 Å². The molecule has 0 spiro atoms. The third-order valence-electron chi connectivity index (χ3n) is 3.30. The Labute approximate surface area is 147 Å². The number of amidine groups is 1. The number of hydrogen-bond acceptors (Lipinski definition) is 3. The maximum atomic E-state index is 12.1. The molecular formula is C18H24N6O. The third kappa shape index (κ3) is 5.20. The summed E-state index contributed by atoms with van der Waals surface area (Å²) in [6, 6.07) is 8.98. The molecular weight excluding hydrogens is 316 g/mol. The maximum Gasteiger partial charge on any atom is 0.251 e. The summed E-state index contributed by atoms with van der Waals surface area (Å²) in [5.74, 6) is 0.942. The molecule has 5 N–H and O–H groups in total. The zero-order chi connectivity index (χ0) is 18.4. The van der Waals surface area contributed by atoms with Crippen molar-refractivity contribution in [1.82, 2.24) is 10.3 Å². The number of nitrogens with zero attached hydrogens (tertiary/aromatic N) is 2. The second-order valence-electron chi connectivity index (χ2n) is 6.53. The standard InChI is InChI=1S/C18H24N6O/c1-18(2,3)24-17(25)12-5-7-13(8-6-12)22-11-23-16-14(9-10-21-16)15(19)20-4/h5-11,21H,1-4H3,(H2,19,20)(H,22,23)(H,24,25). The Morgan fingerprint density at radius 3 is 2.48 bits per heavy atom. The molecule has 0 saturated carbocycles. The van der Waals surface area contributed by atoms with Gasteiger partial charge in [-0.15, -0.1) is 0 Å². The molecule has 2 rings (SSSR count). The van der Waals surface area contributed by atoms with Crippen molar-refractivity contribution in [2.24, 2.45) is 15.7 Å². The summed E-state index contributed by atoms with van der Waals surface area (Å²) in [6.45, 7) is 5.84. The van der Waals surface area contributed by atoms with Crippen LogP contribution in [-0.2, 0) is 0 Å². The monoisotopic (exact) mass is 340 g/mol. The molecule has 25 heavy (non-hydrogen) atoms. The molecule has 0 unspecified atom stereocenters. The van der Waals surface area contributed by atoms with Crippen LogP contribution in [0.2, 0.25) is 0 Å². The van der Waals surface area contributed by atoms with Crippen LogP contribution in [0, 0.1) is 0 Å². The van der Waals surface area contributed by atoms with E-state index in [0.29, 0.717) is 17.2 Å². The first-order valence-electron chi connectivity index (χ1n) is 7.92. The molecule has 0 aliphatic rings. The number of aliphatic imine (C=N–C) groups is 2. The lowest BCUT2D eigenvalue weighted by Gasteiger charge is -2.20. The highest BCUT2D eigenvalue weighted by atomic mass is 16.1. The molecule has 0 fully saturated rings. The van der Waals surface area contributed by atoms with Crippen LogP contribution in [0.25, 0.3) is 0 Å². The Hall–Kier alpha value is -3.09. The van der Waals surface area contributed by atoms with Crippen molar-refractivity contribution in [2.75, 3.05) is 12.4 Å². The van der Waals surface area contributed by atoms with Gasteiger partial charge in [-0.3, -0.25) is 9.79 Å². The zero-order valence-electron chi connectivity index (χ0n) is 14.9. The van der Waals surface area contributed by atoms with Crippen LogP contribution in [0.4, 0.5) is 11.5 Å². The Bertz CT molecular complexity index is 781. The molecule has 0 atom stereocenters. The maximum absolute atomic E-state index is 12.1. The van der Waals surface area contributed by atoms with E-state index < -0.39 is 0 Å². The number of aromatic amines is 1. The average Bonchev–Trinajstić information content (AvgIpc) is 3.01. The summed E-state index contributed by atoms with van der Waals surface area (Å²) in [5, 5.41) is 5.98. The van der Waals surface area contributed by atoms with Gasteiger partial charge < -0.3 is 21.4 Å². The molecule has 1 aromatic heterocycles. The SMILES string of the molecule is CN=C(N)c1cc[nH]c1/N=C/Nc1ccc(C(=O)NC(C)(C)C)cc1. The highest BCUT2D eigenvalue weighted by Gasteiger charge is 2.14. The first-order chi connectivity index (χ1) is 11.8. The van der Waals surface area contributed by atoms with E-state index in [1.807, 2.05) is 39.0 Å². The van der Waals surface area contributed by atoms with Gasteiger partial charge in [-0.2, -0.15) is 0 Å². The summed E-state index contributed by atoms with van der Waals surface area (Å²) in [5.41, 5.74) is 7.72. The molecule has 0 aliphatic carbocycles. The second-order valence-corrected chi connectivity index (χ2v) is 6.53. The molecule has 7 heteroatoms. The first kappa shape index (κ1) is 18.3. The largest absolute Gasteiger partial charge is 0.383 e. The van der Waals surface area contributed by atoms with Crippen molar-refractivity contribution in [3.63, 3.8) is 0 Å². The second kappa shape index (κ2) is 7.65. The lowest BCUT2D eigenvalue weighted by molar-refractivity contribution is 0.0919. The number of H-pyrrole nitrogens is 1. The van der Waals surface area contributed by atoms with Gasteiger partial charge in [-0.1, -0.05) is 0 Å². The number of anilines is 1. The molecule has 2 aromatic rings. The number of hydrogen-bond donors (Lipinski definition) is 4. The fourth-order valence-corrected chi connectivity index (χ4v) is 2.10. The first-order valence-corrected chi connectivity index (χ1v) is 7.92. The van der Waals surface area contributed by atoms with Gasteiger partial charge in [0, 0.05) is 30.0 Å². The number of aromatic nitrogens is 1. The van der Waals surface area contributed by atoms with Gasteiger partial charge >= 0.3 is 0 Å². The van der Waals surface area contributed by atoms with Gasteiger partial charge in [0.2, 0.25) is 0 Å². The predicted molar refractivity (Wildman–Crippen MR) is 103 cm³/mol. The van der Waals surface area contributed by atoms with E-state index in [2.05, 4.69) is 25.6 Å². The molecule has 0 aliphatic heterocycles. The van der Waals surface area contributed by atoms with Crippen LogP contribution in [-0.4, -0.2) is 35.7 Å². The number of carbonyl (C=O) groups is 1. The van der Waals surface area contributed by atoms with Crippen molar-refractivity contribution in [2.45, 2.75) is 26.3 Å². The van der Waals surface area contributed by atoms with Crippen LogP contribution >= 0.6 is 0 Å². The zero-order valence-corrected chi connectivity index (χ0v) is 14.9. The van der Waals surface area contributed by atoms with E-state index in [-0.39, 0.29) is 11.4 Å². The van der Waals surface area contributed by atoms with Crippen molar-refractivity contribution in [3.05, 3.63) is 47.7 Å². The summed E-state index contributed by atoms with van der Waals surface area (Å²) in [6.07, 6.45) is 3.31.